The van der Waals surface area contributed by atoms with Gasteiger partial charge >= 0.3 is 11.9 Å². The molecule has 0 bridgehead atoms. The first kappa shape index (κ1) is 20.5. The topological polar surface area (TPSA) is 216 Å². The van der Waals surface area contributed by atoms with Crippen molar-refractivity contribution in [3.05, 3.63) is 88.0 Å². The number of carbonyl (C=O) groups is 2. The Morgan fingerprint density at radius 2 is 0.828 bits per heavy atom. The normalized spacial score (nSPS) is 10.1. The van der Waals surface area contributed by atoms with Crippen molar-refractivity contribution in [2.45, 2.75) is 0 Å². The van der Waals surface area contributed by atoms with Gasteiger partial charge in [0.1, 0.15) is 0 Å². The molecular formula is C14H6N4O11. The molecule has 29 heavy (non-hydrogen) atoms. The summed E-state index contributed by atoms with van der Waals surface area (Å²) in [6.07, 6.45) is 0. The van der Waals surface area contributed by atoms with Gasteiger partial charge < -0.3 is 4.74 Å². The minimum absolute atomic E-state index is 0.724. The lowest BCUT2D eigenvalue weighted by atomic mass is 10.1. The van der Waals surface area contributed by atoms with Crippen molar-refractivity contribution >= 4 is 34.7 Å². The average molecular weight is 406 g/mol. The molecule has 0 unspecified atom stereocenters. The van der Waals surface area contributed by atoms with Gasteiger partial charge in [0.05, 0.1) is 19.7 Å². The number of nitro groups is 4. The van der Waals surface area contributed by atoms with E-state index in [0.29, 0.717) is 0 Å². The molecule has 0 aliphatic heterocycles. The number of nitrogens with zero attached hydrogens (tertiary/aromatic N) is 4. The van der Waals surface area contributed by atoms with Crippen LogP contribution < -0.4 is 0 Å². The zero-order chi connectivity index (χ0) is 21.9. The van der Waals surface area contributed by atoms with Gasteiger partial charge in [-0.05, 0) is 12.1 Å². The Bertz CT molecular complexity index is 945. The molecule has 0 atom stereocenters. The summed E-state index contributed by atoms with van der Waals surface area (Å²) >= 11 is 0. The highest BCUT2D eigenvalue weighted by Crippen LogP contribution is 2.32. The van der Waals surface area contributed by atoms with Gasteiger partial charge in [-0.1, -0.05) is 0 Å². The predicted octanol–water partition coefficient (Wildman–Crippen LogP) is 2.32. The molecule has 148 valence electrons. The lowest BCUT2D eigenvalue weighted by Gasteiger charge is -2.06. The van der Waals surface area contributed by atoms with Gasteiger partial charge in [-0.2, -0.15) is 0 Å². The summed E-state index contributed by atoms with van der Waals surface area (Å²) < 4.78 is 4.29. The molecule has 0 amide bonds. The molecule has 15 nitrogen and oxygen atoms in total. The highest BCUT2D eigenvalue weighted by molar-refractivity contribution is 6.09. The van der Waals surface area contributed by atoms with Crippen LogP contribution in [0.4, 0.5) is 22.7 Å². The Hall–Kier alpha value is -4.82. The number of hydrogen-bond acceptors (Lipinski definition) is 11. The molecule has 0 saturated heterocycles. The van der Waals surface area contributed by atoms with E-state index in [1.165, 1.54) is 0 Å². The van der Waals surface area contributed by atoms with Gasteiger partial charge in [-0.3, -0.25) is 40.5 Å². The third kappa shape index (κ3) is 3.97. The largest absolute Gasteiger partial charge is 0.385 e. The van der Waals surface area contributed by atoms with Crippen LogP contribution in [0.15, 0.2) is 36.4 Å². The Morgan fingerprint density at radius 1 is 0.586 bits per heavy atom. The summed E-state index contributed by atoms with van der Waals surface area (Å²) in [6.45, 7) is 0. The van der Waals surface area contributed by atoms with Crippen LogP contribution in [0.25, 0.3) is 0 Å². The van der Waals surface area contributed by atoms with Crippen molar-refractivity contribution in [3.63, 3.8) is 0 Å². The molecule has 0 N–H and O–H groups in total. The van der Waals surface area contributed by atoms with E-state index in [9.17, 15) is 50.0 Å². The van der Waals surface area contributed by atoms with Gasteiger partial charge in [0.15, 0.2) is 0 Å². The molecular weight excluding hydrogens is 400 g/mol. The fourth-order valence-corrected chi connectivity index (χ4v) is 2.27. The van der Waals surface area contributed by atoms with Crippen LogP contribution in [0.1, 0.15) is 20.7 Å². The third-order valence-electron chi connectivity index (χ3n) is 3.42. The lowest BCUT2D eigenvalue weighted by Crippen LogP contribution is -2.18. The van der Waals surface area contributed by atoms with E-state index in [-0.39, 0.29) is 0 Å². The number of ether oxygens (including phenoxy) is 1. The molecule has 0 radical (unpaired) electrons. The van der Waals surface area contributed by atoms with Crippen LogP contribution in [0, 0.1) is 40.5 Å². The first-order chi connectivity index (χ1) is 13.6. The van der Waals surface area contributed by atoms with Crippen molar-refractivity contribution < 1.29 is 34.0 Å². The zero-order valence-electron chi connectivity index (χ0n) is 13.7. The minimum Gasteiger partial charge on any atom is -0.385 e. The SMILES string of the molecule is O=C(OC(=O)c1c([N+](=O)[O-])cccc1[N+](=O)[O-])c1c([N+](=O)[O-])cccc1[N+](=O)[O-]. The fourth-order valence-electron chi connectivity index (χ4n) is 2.27. The van der Waals surface area contributed by atoms with Gasteiger partial charge in [0.2, 0.25) is 11.1 Å². The molecule has 2 rings (SSSR count). The maximum atomic E-state index is 12.2. The molecule has 0 saturated carbocycles. The van der Waals surface area contributed by atoms with E-state index >= 15 is 0 Å². The summed E-state index contributed by atoms with van der Waals surface area (Å²) in [5.41, 5.74) is -6.72. The van der Waals surface area contributed by atoms with Crippen LogP contribution in [-0.4, -0.2) is 31.6 Å². The highest BCUT2D eigenvalue weighted by Gasteiger charge is 2.37. The van der Waals surface area contributed by atoms with Crippen LogP contribution in [-0.2, 0) is 4.74 Å². The molecule has 2 aromatic rings. The Balaban J connectivity index is 2.58. The molecule has 0 heterocycles. The number of nitro benzene ring substituents is 4. The van der Waals surface area contributed by atoms with Gasteiger partial charge in [0.25, 0.3) is 22.7 Å². The van der Waals surface area contributed by atoms with E-state index in [2.05, 4.69) is 4.74 Å². The van der Waals surface area contributed by atoms with Gasteiger partial charge in [0, 0.05) is 24.3 Å². The quantitative estimate of drug-likeness (QED) is 0.293. The van der Waals surface area contributed by atoms with E-state index in [0.717, 1.165) is 36.4 Å². The summed E-state index contributed by atoms with van der Waals surface area (Å²) in [4.78, 5) is 64.1. The number of esters is 2. The van der Waals surface area contributed by atoms with Gasteiger partial charge in [-0.25, -0.2) is 9.59 Å². The number of rotatable bonds is 6. The summed E-state index contributed by atoms with van der Waals surface area (Å²) in [5, 5.41) is 44.2. The Labute approximate surface area is 157 Å². The number of carbonyl (C=O) groups excluding carboxylic acids is 2. The average Bonchev–Trinajstić information content (AvgIpc) is 2.66. The second-order valence-electron chi connectivity index (χ2n) is 5.05. The van der Waals surface area contributed by atoms with E-state index in [1.54, 1.807) is 0 Å². The molecule has 0 aliphatic carbocycles. The van der Waals surface area contributed by atoms with Crippen molar-refractivity contribution in [2.24, 2.45) is 0 Å². The van der Waals surface area contributed by atoms with E-state index in [4.69, 9.17) is 0 Å². The fraction of sp³-hybridized carbons (Fsp3) is 0. The number of hydrogen-bond donors (Lipinski definition) is 0. The van der Waals surface area contributed by atoms with Crippen LogP contribution in [0.5, 0.6) is 0 Å². The first-order valence-corrected chi connectivity index (χ1v) is 7.16. The van der Waals surface area contributed by atoms with E-state index < -0.39 is 65.5 Å². The summed E-state index contributed by atoms with van der Waals surface area (Å²) in [7, 11) is 0. The zero-order valence-corrected chi connectivity index (χ0v) is 13.7. The van der Waals surface area contributed by atoms with Crippen molar-refractivity contribution in [2.75, 3.05) is 0 Å². The second kappa shape index (κ2) is 7.82. The molecule has 0 fully saturated rings. The Morgan fingerprint density at radius 3 is 1.03 bits per heavy atom. The third-order valence-corrected chi connectivity index (χ3v) is 3.42. The Kier molecular flexibility index (Phi) is 5.53. The summed E-state index contributed by atoms with van der Waals surface area (Å²) in [5.74, 6) is -3.78. The highest BCUT2D eigenvalue weighted by atomic mass is 16.6. The molecule has 0 spiro atoms. The monoisotopic (exact) mass is 406 g/mol. The molecule has 0 aromatic heterocycles. The van der Waals surface area contributed by atoms with Crippen LogP contribution in [0.3, 0.4) is 0 Å². The second-order valence-corrected chi connectivity index (χ2v) is 5.05. The predicted molar refractivity (Wildman–Crippen MR) is 89.2 cm³/mol. The smallest absolute Gasteiger partial charge is 0.360 e. The summed E-state index contributed by atoms with van der Waals surface area (Å²) in [6, 6.07) is 4.70. The van der Waals surface area contributed by atoms with Crippen molar-refractivity contribution in [1.29, 1.82) is 0 Å². The first-order valence-electron chi connectivity index (χ1n) is 7.16. The molecule has 2 aromatic carbocycles. The maximum absolute atomic E-state index is 12.2. The van der Waals surface area contributed by atoms with Crippen molar-refractivity contribution in [3.8, 4) is 0 Å². The van der Waals surface area contributed by atoms with Crippen LogP contribution >= 0.6 is 0 Å². The van der Waals surface area contributed by atoms with Crippen LogP contribution in [0.2, 0.25) is 0 Å². The number of benzene rings is 2. The van der Waals surface area contributed by atoms with Gasteiger partial charge in [-0.15, -0.1) is 0 Å². The van der Waals surface area contributed by atoms with E-state index in [1.807, 2.05) is 0 Å². The standard InChI is InChI=1S/C14H6N4O11/c19-13(11-7(15(21)22)3-1-4-8(11)16(23)24)29-14(20)12-9(17(25)26)5-2-6-10(12)18(27)28/h1-6H. The maximum Gasteiger partial charge on any atom is 0.360 e. The van der Waals surface area contributed by atoms with Crippen molar-refractivity contribution in [1.82, 2.24) is 0 Å². The molecule has 15 heteroatoms. The molecule has 0 aliphatic rings. The minimum atomic E-state index is -1.89. The lowest BCUT2D eigenvalue weighted by molar-refractivity contribution is -0.394.